The summed E-state index contributed by atoms with van der Waals surface area (Å²) in [5.41, 5.74) is 7.40. The Morgan fingerprint density at radius 3 is 3.09 bits per heavy atom. The van der Waals surface area contributed by atoms with Crippen molar-refractivity contribution in [2.45, 2.75) is 18.5 Å². The fourth-order valence-electron chi connectivity index (χ4n) is 3.63. The number of nitrogen functional groups attached to an aromatic ring is 1. The Balaban J connectivity index is 1.85. The molecule has 3 atom stereocenters. The van der Waals surface area contributed by atoms with Gasteiger partial charge in [-0.1, -0.05) is 0 Å². The van der Waals surface area contributed by atoms with E-state index in [0.717, 1.165) is 11.9 Å². The molecule has 3 N–H and O–H groups in total. The number of hydrogen-bond donors (Lipinski definition) is 2. The molecule has 0 aromatic carbocycles. The van der Waals surface area contributed by atoms with E-state index >= 15 is 0 Å². The number of anilines is 1. The Bertz CT molecular complexity index is 762. The molecule has 2 aliphatic rings. The van der Waals surface area contributed by atoms with E-state index in [1.165, 1.54) is 4.90 Å². The van der Waals surface area contributed by atoms with E-state index in [1.807, 2.05) is 16.7 Å². The van der Waals surface area contributed by atoms with Crippen molar-refractivity contribution in [2.24, 2.45) is 5.92 Å². The predicted octanol–water partition coefficient (Wildman–Crippen LogP) is 2.12. The molecular weight excluding hydrogens is 352 g/mol. The van der Waals surface area contributed by atoms with E-state index in [-0.39, 0.29) is 18.0 Å². The van der Waals surface area contributed by atoms with Crippen LogP contribution in [0.1, 0.15) is 18.3 Å². The molecule has 1 amide bonds. The number of hydrogen-bond acceptors (Lipinski definition) is 4. The summed E-state index contributed by atoms with van der Waals surface area (Å²) in [6, 6.07) is 3.27. The lowest BCUT2D eigenvalue weighted by molar-refractivity contribution is 0.0978. The molecule has 7 nitrogen and oxygen atoms in total. The van der Waals surface area contributed by atoms with Gasteiger partial charge in [-0.2, -0.15) is 0 Å². The Hall–Kier alpha value is -1.80. The number of ether oxygens (including phenoxy) is 1. The van der Waals surface area contributed by atoms with Gasteiger partial charge < -0.3 is 15.6 Å². The summed E-state index contributed by atoms with van der Waals surface area (Å²) in [6.45, 7) is 1.07. The van der Waals surface area contributed by atoms with Gasteiger partial charge in [0.1, 0.15) is 15.9 Å². The summed E-state index contributed by atoms with van der Waals surface area (Å²) < 4.78 is 7.94. The molecule has 2 aliphatic heterocycles. The second-order valence-corrected chi connectivity index (χ2v) is 6.50. The normalized spacial score (nSPS) is 27.5. The number of nitrogens with two attached hydrogens (primary N) is 1. The predicted molar refractivity (Wildman–Crippen MR) is 82.6 cm³/mol. The summed E-state index contributed by atoms with van der Waals surface area (Å²) in [5, 5.41) is 9.62. The summed E-state index contributed by atoms with van der Waals surface area (Å²) in [6.07, 6.45) is 1.65. The summed E-state index contributed by atoms with van der Waals surface area (Å²) in [7, 11) is 0. The first-order valence-electron chi connectivity index (χ1n) is 7.09. The second kappa shape index (κ2) is 4.85. The Kier molecular flexibility index (Phi) is 3.05. The van der Waals surface area contributed by atoms with Crippen molar-refractivity contribution < 1.29 is 14.6 Å². The van der Waals surface area contributed by atoms with Gasteiger partial charge in [-0.25, -0.2) is 9.78 Å². The van der Waals surface area contributed by atoms with Crippen LogP contribution in [-0.2, 0) is 4.74 Å². The number of amides is 1. The number of imidazole rings is 1. The molecule has 116 valence electrons. The maximum atomic E-state index is 11.7. The van der Waals surface area contributed by atoms with Crippen LogP contribution in [-0.4, -0.2) is 44.7 Å². The van der Waals surface area contributed by atoms with E-state index < -0.39 is 6.09 Å². The zero-order valence-corrected chi connectivity index (χ0v) is 13.2. The fraction of sp³-hybridized carbons (Fsp3) is 0.429. The molecule has 4 heterocycles. The third-order valence-electron chi connectivity index (χ3n) is 4.58. The number of halogens is 1. The molecule has 0 radical (unpaired) electrons. The van der Waals surface area contributed by atoms with Crippen molar-refractivity contribution in [3.63, 3.8) is 0 Å². The van der Waals surface area contributed by atoms with E-state index in [2.05, 4.69) is 20.9 Å². The Labute approximate surface area is 134 Å². The second-order valence-electron chi connectivity index (χ2n) is 5.75. The summed E-state index contributed by atoms with van der Waals surface area (Å²) in [5.74, 6) is 0.930. The third-order valence-corrected chi connectivity index (χ3v) is 5.14. The van der Waals surface area contributed by atoms with Crippen molar-refractivity contribution in [3.05, 3.63) is 28.8 Å². The highest BCUT2D eigenvalue weighted by atomic mass is 79.9. The van der Waals surface area contributed by atoms with Crippen LogP contribution in [0.5, 0.6) is 0 Å². The van der Waals surface area contributed by atoms with Crippen molar-refractivity contribution in [3.8, 4) is 0 Å². The Morgan fingerprint density at radius 1 is 1.50 bits per heavy atom. The highest BCUT2D eigenvalue weighted by Crippen LogP contribution is 2.43. The number of nitrogens with zero attached hydrogens (tertiary/aromatic N) is 3. The van der Waals surface area contributed by atoms with Crippen LogP contribution in [0.4, 0.5) is 10.5 Å². The minimum atomic E-state index is -0.931. The molecule has 0 unspecified atom stereocenters. The van der Waals surface area contributed by atoms with Crippen molar-refractivity contribution in [2.75, 3.05) is 18.9 Å². The lowest BCUT2D eigenvalue weighted by Crippen LogP contribution is -2.39. The zero-order chi connectivity index (χ0) is 15.4. The van der Waals surface area contributed by atoms with Gasteiger partial charge in [0.15, 0.2) is 0 Å². The van der Waals surface area contributed by atoms with E-state index in [9.17, 15) is 9.90 Å². The van der Waals surface area contributed by atoms with Crippen molar-refractivity contribution >= 4 is 33.2 Å². The standard InChI is InChI=1S/C14H15BrN4O3/c15-12-11-8(16)2-1-3-18(11)13(17-12)9-4-7-5-22-6-10(7)19(9)14(20)21/h1-3,7,9-10H,4-6,16H2,(H,20,21)/t7-,9+,10-/m1/s1. The van der Waals surface area contributed by atoms with Gasteiger partial charge in [-0.15, -0.1) is 0 Å². The first kappa shape index (κ1) is 13.8. The first-order valence-corrected chi connectivity index (χ1v) is 7.88. The monoisotopic (exact) mass is 366 g/mol. The molecule has 2 aromatic rings. The van der Waals surface area contributed by atoms with Gasteiger partial charge in [0, 0.05) is 12.1 Å². The minimum Gasteiger partial charge on any atom is -0.465 e. The molecule has 0 aliphatic carbocycles. The van der Waals surface area contributed by atoms with Crippen LogP contribution in [0.3, 0.4) is 0 Å². The van der Waals surface area contributed by atoms with Crippen LogP contribution in [0.25, 0.3) is 5.52 Å². The molecule has 8 heteroatoms. The molecule has 4 rings (SSSR count). The quantitative estimate of drug-likeness (QED) is 0.806. The number of pyridine rings is 1. The molecular formula is C14H15BrN4O3. The molecule has 0 spiro atoms. The van der Waals surface area contributed by atoms with Crippen LogP contribution in [0.15, 0.2) is 22.9 Å². The number of aromatic nitrogens is 2. The third kappa shape index (κ3) is 1.83. The van der Waals surface area contributed by atoms with Gasteiger partial charge in [0.05, 0.1) is 31.0 Å². The number of carbonyl (C=O) groups is 1. The van der Waals surface area contributed by atoms with Crippen LogP contribution < -0.4 is 5.73 Å². The number of carboxylic acid groups (broad SMARTS) is 1. The molecule has 22 heavy (non-hydrogen) atoms. The average Bonchev–Trinajstić information content (AvgIpc) is 3.10. The van der Waals surface area contributed by atoms with E-state index in [0.29, 0.717) is 29.3 Å². The number of fused-ring (bicyclic) bond motifs is 2. The molecule has 2 aromatic heterocycles. The number of rotatable bonds is 1. The van der Waals surface area contributed by atoms with Crippen LogP contribution in [0.2, 0.25) is 0 Å². The van der Waals surface area contributed by atoms with E-state index in [1.54, 1.807) is 6.07 Å². The highest BCUT2D eigenvalue weighted by Gasteiger charge is 2.49. The lowest BCUT2D eigenvalue weighted by Gasteiger charge is -2.25. The summed E-state index contributed by atoms with van der Waals surface area (Å²) in [4.78, 5) is 17.8. The minimum absolute atomic E-state index is 0.0883. The average molecular weight is 367 g/mol. The fourth-order valence-corrected chi connectivity index (χ4v) is 4.24. The largest absolute Gasteiger partial charge is 0.465 e. The van der Waals surface area contributed by atoms with Gasteiger partial charge in [0.25, 0.3) is 0 Å². The smallest absolute Gasteiger partial charge is 0.408 e. The van der Waals surface area contributed by atoms with Crippen LogP contribution >= 0.6 is 15.9 Å². The maximum absolute atomic E-state index is 11.7. The van der Waals surface area contributed by atoms with Gasteiger partial charge in [-0.3, -0.25) is 9.30 Å². The molecule has 0 bridgehead atoms. The van der Waals surface area contributed by atoms with Crippen molar-refractivity contribution in [1.82, 2.24) is 14.3 Å². The number of likely N-dealkylation sites (tertiary alicyclic amines) is 1. The SMILES string of the molecule is Nc1cccn2c([C@@H]3C[C@@H]4COC[C@H]4N3C(=O)O)nc(Br)c12. The molecule has 0 saturated carbocycles. The van der Waals surface area contributed by atoms with E-state index in [4.69, 9.17) is 10.5 Å². The first-order chi connectivity index (χ1) is 10.6. The van der Waals surface area contributed by atoms with Gasteiger partial charge in [-0.05, 0) is 34.5 Å². The van der Waals surface area contributed by atoms with Crippen LogP contribution in [0, 0.1) is 5.92 Å². The van der Waals surface area contributed by atoms with Gasteiger partial charge >= 0.3 is 6.09 Å². The van der Waals surface area contributed by atoms with Crippen molar-refractivity contribution in [1.29, 1.82) is 0 Å². The maximum Gasteiger partial charge on any atom is 0.408 e. The summed E-state index contributed by atoms with van der Waals surface area (Å²) >= 11 is 3.43. The van der Waals surface area contributed by atoms with Gasteiger partial charge in [0.2, 0.25) is 0 Å². The molecule has 2 saturated heterocycles. The Morgan fingerprint density at radius 2 is 2.32 bits per heavy atom. The molecule has 2 fully saturated rings. The highest BCUT2D eigenvalue weighted by molar-refractivity contribution is 9.10. The zero-order valence-electron chi connectivity index (χ0n) is 11.6. The topological polar surface area (TPSA) is 93.1 Å². The lowest BCUT2D eigenvalue weighted by atomic mass is 10.0.